The summed E-state index contributed by atoms with van der Waals surface area (Å²) in [6.45, 7) is 3.99. The molecule has 0 amide bonds. The molecule has 2 heterocycles. The Bertz CT molecular complexity index is 484. The van der Waals surface area contributed by atoms with Crippen LogP contribution in [0.4, 0.5) is 11.8 Å². The molecule has 6 heteroatoms. The second kappa shape index (κ2) is 4.09. The fourth-order valence-corrected chi connectivity index (χ4v) is 1.36. The quantitative estimate of drug-likeness (QED) is 0.751. The Labute approximate surface area is 92.8 Å². The summed E-state index contributed by atoms with van der Waals surface area (Å²) in [7, 11) is 0. The summed E-state index contributed by atoms with van der Waals surface area (Å²) < 4.78 is 0. The van der Waals surface area contributed by atoms with Gasteiger partial charge in [-0.3, -0.25) is 0 Å². The van der Waals surface area contributed by atoms with Crippen LogP contribution in [-0.2, 0) is 0 Å². The third-order valence-corrected chi connectivity index (χ3v) is 2.23. The van der Waals surface area contributed by atoms with Crippen LogP contribution < -0.4 is 11.5 Å². The van der Waals surface area contributed by atoms with Gasteiger partial charge in [0.05, 0.1) is 0 Å². The van der Waals surface area contributed by atoms with Gasteiger partial charge in [-0.15, -0.1) is 0 Å². The molecule has 0 aliphatic heterocycles. The summed E-state index contributed by atoms with van der Waals surface area (Å²) in [5.41, 5.74) is 12.7. The number of anilines is 2. The minimum atomic E-state index is -0.207. The number of nitrogen functional groups attached to an aromatic ring is 2. The molecule has 2 aromatic heterocycles. The Hall–Kier alpha value is -2.24. The zero-order chi connectivity index (χ0) is 11.5. The predicted molar refractivity (Wildman–Crippen MR) is 60.1 cm³/mol. The van der Waals surface area contributed by atoms with Crippen molar-refractivity contribution in [1.82, 2.24) is 19.9 Å². The molecule has 0 fully saturated rings. The molecule has 0 saturated carbocycles. The van der Waals surface area contributed by atoms with Gasteiger partial charge in [-0.25, -0.2) is 15.0 Å². The Kier molecular flexibility index (Phi) is 2.63. The van der Waals surface area contributed by atoms with Gasteiger partial charge in [0.1, 0.15) is 12.1 Å². The summed E-state index contributed by atoms with van der Waals surface area (Å²) in [4.78, 5) is 15.6. The van der Waals surface area contributed by atoms with E-state index in [0.29, 0.717) is 11.4 Å². The summed E-state index contributed by atoms with van der Waals surface area (Å²) >= 11 is 0. The minimum absolute atomic E-state index is 0.151. The third-order valence-electron chi connectivity index (χ3n) is 2.23. The Morgan fingerprint density at radius 2 is 1.81 bits per heavy atom. The first kappa shape index (κ1) is 10.3. The van der Waals surface area contributed by atoms with E-state index in [1.165, 1.54) is 6.33 Å². The van der Waals surface area contributed by atoms with Crippen molar-refractivity contribution < 1.29 is 0 Å². The van der Waals surface area contributed by atoms with E-state index in [-0.39, 0.29) is 11.9 Å². The summed E-state index contributed by atoms with van der Waals surface area (Å²) in [6, 6.07) is 0. The highest BCUT2D eigenvalue weighted by atomic mass is 15.0. The lowest BCUT2D eigenvalue weighted by Crippen LogP contribution is -2.07. The number of hydrogen-bond acceptors (Lipinski definition) is 6. The van der Waals surface area contributed by atoms with E-state index in [1.54, 1.807) is 18.6 Å². The van der Waals surface area contributed by atoms with Crippen molar-refractivity contribution in [3.8, 4) is 0 Å². The van der Waals surface area contributed by atoms with Crippen molar-refractivity contribution in [3.63, 3.8) is 0 Å². The number of nitrogens with two attached hydrogens (primary N) is 2. The molecule has 1 unspecified atom stereocenters. The molecule has 2 rings (SSSR count). The maximum absolute atomic E-state index is 5.75. The van der Waals surface area contributed by atoms with Gasteiger partial charge >= 0.3 is 0 Å². The maximum Gasteiger partial charge on any atom is 0.221 e. The van der Waals surface area contributed by atoms with Crippen molar-refractivity contribution in [1.29, 1.82) is 0 Å². The van der Waals surface area contributed by atoms with E-state index in [1.807, 2.05) is 0 Å². The zero-order valence-electron chi connectivity index (χ0n) is 8.54. The van der Waals surface area contributed by atoms with Crippen molar-refractivity contribution in [2.24, 2.45) is 0 Å². The summed E-state index contributed by atoms with van der Waals surface area (Å²) in [5.74, 6) is 0.274. The number of rotatable bonds is 2. The maximum atomic E-state index is 5.75. The SMILES string of the molecule is [CH2]C(c1cncnc1)c1cnc(N)nc1N. The Morgan fingerprint density at radius 1 is 1.12 bits per heavy atom. The summed E-state index contributed by atoms with van der Waals surface area (Å²) in [5, 5.41) is 0. The molecule has 16 heavy (non-hydrogen) atoms. The number of aromatic nitrogens is 4. The molecule has 2 aromatic rings. The Balaban J connectivity index is 2.38. The van der Waals surface area contributed by atoms with Crippen LogP contribution >= 0.6 is 0 Å². The predicted octanol–water partition coefficient (Wildman–Crippen LogP) is 0.397. The molecule has 0 aliphatic carbocycles. The standard InChI is InChI=1S/C10H11N6/c1-6(7-2-13-5-14-3-7)8-4-15-10(12)16-9(8)11/h2-6H,1H2,(H4,11,12,15,16). The Morgan fingerprint density at radius 3 is 2.44 bits per heavy atom. The lowest BCUT2D eigenvalue weighted by Gasteiger charge is -2.12. The topological polar surface area (TPSA) is 104 Å². The van der Waals surface area contributed by atoms with Crippen LogP contribution in [0, 0.1) is 6.92 Å². The van der Waals surface area contributed by atoms with Gasteiger partial charge in [0.25, 0.3) is 0 Å². The van der Waals surface area contributed by atoms with Gasteiger partial charge in [0, 0.05) is 30.1 Å². The van der Waals surface area contributed by atoms with Gasteiger partial charge in [-0.1, -0.05) is 0 Å². The molecule has 0 saturated heterocycles. The van der Waals surface area contributed by atoms with Crippen molar-refractivity contribution >= 4 is 11.8 Å². The van der Waals surface area contributed by atoms with Crippen LogP contribution in [0.25, 0.3) is 0 Å². The van der Waals surface area contributed by atoms with E-state index in [0.717, 1.165) is 5.56 Å². The number of hydrogen-bond donors (Lipinski definition) is 2. The van der Waals surface area contributed by atoms with Crippen molar-refractivity contribution in [2.75, 3.05) is 11.5 Å². The van der Waals surface area contributed by atoms with Crippen LogP contribution in [0.2, 0.25) is 0 Å². The molecule has 6 nitrogen and oxygen atoms in total. The molecule has 4 N–H and O–H groups in total. The first-order valence-corrected chi connectivity index (χ1v) is 4.64. The average molecular weight is 215 g/mol. The second-order valence-corrected chi connectivity index (χ2v) is 3.29. The van der Waals surface area contributed by atoms with Gasteiger partial charge in [0.2, 0.25) is 5.95 Å². The van der Waals surface area contributed by atoms with Crippen LogP contribution in [0.5, 0.6) is 0 Å². The van der Waals surface area contributed by atoms with Crippen LogP contribution in [0.1, 0.15) is 17.0 Å². The third kappa shape index (κ3) is 1.90. The highest BCUT2D eigenvalue weighted by molar-refractivity contribution is 5.47. The average Bonchev–Trinajstić information content (AvgIpc) is 2.29. The molecular formula is C10H11N6. The van der Waals surface area contributed by atoms with Crippen LogP contribution in [0.15, 0.2) is 24.9 Å². The van der Waals surface area contributed by atoms with E-state index in [4.69, 9.17) is 11.5 Å². The van der Waals surface area contributed by atoms with E-state index in [2.05, 4.69) is 26.9 Å². The number of nitrogens with zero attached hydrogens (tertiary/aromatic N) is 4. The molecular weight excluding hydrogens is 204 g/mol. The van der Waals surface area contributed by atoms with Crippen LogP contribution in [-0.4, -0.2) is 19.9 Å². The fourth-order valence-electron chi connectivity index (χ4n) is 1.36. The van der Waals surface area contributed by atoms with Gasteiger partial charge in [-0.2, -0.15) is 4.98 Å². The van der Waals surface area contributed by atoms with E-state index < -0.39 is 0 Å². The molecule has 81 valence electrons. The fraction of sp³-hybridized carbons (Fsp3) is 0.100. The molecule has 1 radical (unpaired) electrons. The normalized spacial score (nSPS) is 12.3. The zero-order valence-corrected chi connectivity index (χ0v) is 8.54. The van der Waals surface area contributed by atoms with Crippen molar-refractivity contribution in [3.05, 3.63) is 43.0 Å². The lowest BCUT2D eigenvalue weighted by atomic mass is 9.97. The minimum Gasteiger partial charge on any atom is -0.383 e. The molecule has 1 atom stereocenters. The first-order chi connectivity index (χ1) is 7.68. The lowest BCUT2D eigenvalue weighted by molar-refractivity contribution is 0.952. The highest BCUT2D eigenvalue weighted by Crippen LogP contribution is 2.25. The largest absolute Gasteiger partial charge is 0.383 e. The van der Waals surface area contributed by atoms with Crippen LogP contribution in [0.3, 0.4) is 0 Å². The highest BCUT2D eigenvalue weighted by Gasteiger charge is 2.13. The van der Waals surface area contributed by atoms with Gasteiger partial charge in [0.15, 0.2) is 0 Å². The molecule has 0 spiro atoms. The monoisotopic (exact) mass is 215 g/mol. The van der Waals surface area contributed by atoms with E-state index >= 15 is 0 Å². The second-order valence-electron chi connectivity index (χ2n) is 3.29. The first-order valence-electron chi connectivity index (χ1n) is 4.64. The molecule has 0 bridgehead atoms. The van der Waals surface area contributed by atoms with Crippen molar-refractivity contribution in [2.45, 2.75) is 5.92 Å². The molecule has 0 aromatic carbocycles. The smallest absolute Gasteiger partial charge is 0.221 e. The van der Waals surface area contributed by atoms with Gasteiger partial charge < -0.3 is 11.5 Å². The van der Waals surface area contributed by atoms with E-state index in [9.17, 15) is 0 Å². The van der Waals surface area contributed by atoms with Gasteiger partial charge in [-0.05, 0) is 12.5 Å². The molecule has 0 aliphatic rings. The summed E-state index contributed by atoms with van der Waals surface area (Å²) in [6.07, 6.45) is 6.39.